The van der Waals surface area contributed by atoms with Crippen LogP contribution in [0.3, 0.4) is 0 Å². The Kier molecular flexibility index (Phi) is 10.0. The van der Waals surface area contributed by atoms with Crippen LogP contribution in [0.15, 0.2) is 41.5 Å². The lowest BCUT2D eigenvalue weighted by Crippen LogP contribution is -2.21. The van der Waals surface area contributed by atoms with Gasteiger partial charge in [0.05, 0.1) is 0 Å². The number of aliphatic imine (C=N–C) groups is 1. The maximum Gasteiger partial charge on any atom is 0.224 e. The molecule has 5 heteroatoms. The molecule has 1 fully saturated rings. The maximum absolute atomic E-state index is 12.4. The van der Waals surface area contributed by atoms with Gasteiger partial charge in [0.15, 0.2) is 0 Å². The Hall–Kier alpha value is -2.20. The molecule has 1 aliphatic carbocycles. The standard InChI is InChI=1S/C23H28ClN3O.C2H6/c1-3-22-21(15-25-2)20(12-13-26-22)17-6-4-16(5-7-17)14-23(28)27-19-10-8-18(24)9-11-19;1-2/h8-13,15-17H,3-7,14H2,1-2H3,(H,27,28);1-2H3. The first kappa shape index (κ1) is 24.1. The van der Waals surface area contributed by atoms with Gasteiger partial charge < -0.3 is 5.32 Å². The summed E-state index contributed by atoms with van der Waals surface area (Å²) in [6.45, 7) is 6.13. The van der Waals surface area contributed by atoms with Crippen molar-refractivity contribution in [3.05, 3.63) is 58.4 Å². The van der Waals surface area contributed by atoms with Gasteiger partial charge in [-0.1, -0.05) is 32.4 Å². The number of aromatic nitrogens is 1. The Labute approximate surface area is 186 Å². The van der Waals surface area contributed by atoms with E-state index in [1.807, 2.05) is 45.4 Å². The van der Waals surface area contributed by atoms with Gasteiger partial charge in [-0.2, -0.15) is 0 Å². The number of halogens is 1. The highest BCUT2D eigenvalue weighted by Gasteiger charge is 2.26. The molecule has 0 radical (unpaired) electrons. The quantitative estimate of drug-likeness (QED) is 0.523. The number of rotatable bonds is 6. The maximum atomic E-state index is 12.4. The molecule has 0 spiro atoms. The number of benzene rings is 1. The van der Waals surface area contributed by atoms with Crippen LogP contribution < -0.4 is 5.32 Å². The molecule has 1 heterocycles. The predicted octanol–water partition coefficient (Wildman–Crippen LogP) is 6.67. The Morgan fingerprint density at radius 1 is 1.17 bits per heavy atom. The molecule has 1 aromatic heterocycles. The summed E-state index contributed by atoms with van der Waals surface area (Å²) in [4.78, 5) is 21.1. The lowest BCUT2D eigenvalue weighted by molar-refractivity contribution is -0.117. The Balaban J connectivity index is 0.00000155. The van der Waals surface area contributed by atoms with Crippen LogP contribution in [-0.2, 0) is 11.2 Å². The van der Waals surface area contributed by atoms with Crippen LogP contribution in [0.1, 0.15) is 75.6 Å². The normalized spacial score (nSPS) is 18.6. The van der Waals surface area contributed by atoms with Gasteiger partial charge in [0.2, 0.25) is 5.91 Å². The van der Waals surface area contributed by atoms with Crippen molar-refractivity contribution in [1.29, 1.82) is 0 Å². The smallest absolute Gasteiger partial charge is 0.224 e. The summed E-state index contributed by atoms with van der Waals surface area (Å²) in [5.41, 5.74) is 4.47. The van der Waals surface area contributed by atoms with Crippen LogP contribution in [0.5, 0.6) is 0 Å². The summed E-state index contributed by atoms with van der Waals surface area (Å²) in [6, 6.07) is 9.40. The first-order valence-corrected chi connectivity index (χ1v) is 11.4. The van der Waals surface area contributed by atoms with Crippen molar-refractivity contribution in [2.45, 2.75) is 65.2 Å². The van der Waals surface area contributed by atoms with E-state index in [0.717, 1.165) is 43.5 Å². The number of aryl methyl sites for hydroxylation is 1. The number of anilines is 1. The van der Waals surface area contributed by atoms with E-state index < -0.39 is 0 Å². The summed E-state index contributed by atoms with van der Waals surface area (Å²) >= 11 is 5.89. The number of carbonyl (C=O) groups is 1. The van der Waals surface area contributed by atoms with E-state index in [4.69, 9.17) is 11.6 Å². The first-order chi connectivity index (χ1) is 14.6. The van der Waals surface area contributed by atoms with Gasteiger partial charge in [0.25, 0.3) is 0 Å². The third-order valence-electron chi connectivity index (χ3n) is 5.59. The van der Waals surface area contributed by atoms with Crippen LogP contribution >= 0.6 is 11.6 Å². The monoisotopic (exact) mass is 427 g/mol. The molecule has 0 bridgehead atoms. The third kappa shape index (κ3) is 6.66. The molecule has 0 unspecified atom stereocenters. The minimum Gasteiger partial charge on any atom is -0.326 e. The van der Waals surface area contributed by atoms with Gasteiger partial charge in [-0.3, -0.25) is 14.8 Å². The summed E-state index contributed by atoms with van der Waals surface area (Å²) in [7, 11) is 1.81. The largest absolute Gasteiger partial charge is 0.326 e. The second-order valence-corrected chi connectivity index (χ2v) is 7.91. The van der Waals surface area contributed by atoms with E-state index in [-0.39, 0.29) is 5.91 Å². The number of nitrogens with one attached hydrogen (secondary N) is 1. The summed E-state index contributed by atoms with van der Waals surface area (Å²) in [5, 5.41) is 3.65. The second kappa shape index (κ2) is 12.5. The van der Waals surface area contributed by atoms with Crippen molar-refractivity contribution in [3.63, 3.8) is 0 Å². The lowest BCUT2D eigenvalue weighted by atomic mass is 9.76. The van der Waals surface area contributed by atoms with Crippen LogP contribution in [0.25, 0.3) is 0 Å². The number of carbonyl (C=O) groups excluding carboxylic acids is 1. The number of amides is 1. The van der Waals surface area contributed by atoms with E-state index >= 15 is 0 Å². The van der Waals surface area contributed by atoms with E-state index in [0.29, 0.717) is 23.3 Å². The number of nitrogens with zero attached hydrogens (tertiary/aromatic N) is 2. The zero-order valence-electron chi connectivity index (χ0n) is 18.6. The van der Waals surface area contributed by atoms with Crippen LogP contribution in [0, 0.1) is 5.92 Å². The highest BCUT2D eigenvalue weighted by molar-refractivity contribution is 6.30. The first-order valence-electron chi connectivity index (χ1n) is 11.1. The summed E-state index contributed by atoms with van der Waals surface area (Å²) in [5.74, 6) is 1.05. The molecule has 0 atom stereocenters. The van der Waals surface area contributed by atoms with Crippen molar-refractivity contribution in [2.24, 2.45) is 10.9 Å². The highest BCUT2D eigenvalue weighted by Crippen LogP contribution is 2.38. The molecule has 30 heavy (non-hydrogen) atoms. The average molecular weight is 428 g/mol. The molecule has 4 nitrogen and oxygen atoms in total. The topological polar surface area (TPSA) is 54.4 Å². The molecule has 1 aromatic carbocycles. The van der Waals surface area contributed by atoms with E-state index in [2.05, 4.69) is 28.3 Å². The molecule has 1 N–H and O–H groups in total. The molecule has 1 saturated carbocycles. The average Bonchev–Trinajstić information content (AvgIpc) is 2.78. The van der Waals surface area contributed by atoms with E-state index in [1.165, 1.54) is 11.1 Å². The Morgan fingerprint density at radius 3 is 2.43 bits per heavy atom. The molecule has 0 saturated heterocycles. The van der Waals surface area contributed by atoms with Crippen molar-refractivity contribution in [3.8, 4) is 0 Å². The van der Waals surface area contributed by atoms with Gasteiger partial charge >= 0.3 is 0 Å². The minimum absolute atomic E-state index is 0.0850. The SMILES string of the molecule is CC.CCc1nccc(C2CCC(CC(=O)Nc3ccc(Cl)cc3)CC2)c1C=NC. The molecular weight excluding hydrogens is 394 g/mol. The molecular formula is C25H34ClN3O. The number of pyridine rings is 1. The molecule has 0 aliphatic heterocycles. The van der Waals surface area contributed by atoms with Gasteiger partial charge in [0.1, 0.15) is 0 Å². The van der Waals surface area contributed by atoms with Gasteiger partial charge in [-0.15, -0.1) is 0 Å². The van der Waals surface area contributed by atoms with Gasteiger partial charge in [-0.05, 0) is 79.8 Å². The Morgan fingerprint density at radius 2 is 1.83 bits per heavy atom. The number of hydrogen-bond acceptors (Lipinski definition) is 3. The van der Waals surface area contributed by atoms with E-state index in [9.17, 15) is 4.79 Å². The molecule has 2 aromatic rings. The van der Waals surface area contributed by atoms with Gasteiger partial charge in [-0.25, -0.2) is 0 Å². The van der Waals surface area contributed by atoms with Crippen LogP contribution in [0.2, 0.25) is 5.02 Å². The van der Waals surface area contributed by atoms with Gasteiger partial charge in [0, 0.05) is 47.8 Å². The highest BCUT2D eigenvalue weighted by atomic mass is 35.5. The minimum atomic E-state index is 0.0850. The second-order valence-electron chi connectivity index (χ2n) is 7.48. The summed E-state index contributed by atoms with van der Waals surface area (Å²) < 4.78 is 0. The molecule has 1 amide bonds. The molecule has 3 rings (SSSR count). The molecule has 1 aliphatic rings. The predicted molar refractivity (Wildman–Crippen MR) is 128 cm³/mol. The fourth-order valence-corrected chi connectivity index (χ4v) is 4.26. The van der Waals surface area contributed by atoms with Crippen molar-refractivity contribution in [1.82, 2.24) is 4.98 Å². The van der Waals surface area contributed by atoms with Crippen LogP contribution in [-0.4, -0.2) is 24.2 Å². The molecule has 162 valence electrons. The zero-order chi connectivity index (χ0) is 21.9. The number of hydrogen-bond donors (Lipinski definition) is 1. The zero-order valence-corrected chi connectivity index (χ0v) is 19.4. The van der Waals surface area contributed by atoms with Crippen molar-refractivity contribution in [2.75, 3.05) is 12.4 Å². The fraction of sp³-hybridized carbons (Fsp3) is 0.480. The summed E-state index contributed by atoms with van der Waals surface area (Å²) in [6.07, 6.45) is 9.73. The van der Waals surface area contributed by atoms with Crippen LogP contribution in [0.4, 0.5) is 5.69 Å². The van der Waals surface area contributed by atoms with E-state index in [1.54, 1.807) is 12.1 Å². The Bertz CT molecular complexity index is 825. The third-order valence-corrected chi connectivity index (χ3v) is 5.84. The fourth-order valence-electron chi connectivity index (χ4n) is 4.13. The van der Waals surface area contributed by atoms with Crippen molar-refractivity contribution >= 4 is 29.4 Å². The van der Waals surface area contributed by atoms with Crippen molar-refractivity contribution < 1.29 is 4.79 Å². The lowest BCUT2D eigenvalue weighted by Gasteiger charge is -2.29.